The number of thiophene rings is 1. The maximum absolute atomic E-state index is 14.4. The van der Waals surface area contributed by atoms with E-state index in [4.69, 9.17) is 9.15 Å². The minimum absolute atomic E-state index is 0.0999. The highest BCUT2D eigenvalue weighted by Gasteiger charge is 2.43. The molecule has 1 fully saturated rings. The molecule has 0 spiro atoms. The lowest BCUT2D eigenvalue weighted by atomic mass is 9.95. The van der Waals surface area contributed by atoms with E-state index in [2.05, 4.69) is 15.2 Å². The molecule has 0 radical (unpaired) electrons. The van der Waals surface area contributed by atoms with Gasteiger partial charge >= 0.3 is 5.97 Å². The van der Waals surface area contributed by atoms with E-state index in [-0.39, 0.29) is 18.2 Å². The molecule has 4 rings (SSSR count). The van der Waals surface area contributed by atoms with Crippen LogP contribution in [0.25, 0.3) is 10.8 Å². The Balaban J connectivity index is 1.84. The van der Waals surface area contributed by atoms with Crippen LogP contribution in [-0.2, 0) is 9.59 Å². The smallest absolute Gasteiger partial charge is 0.329 e. The number of nitrogens with zero attached hydrogens (tertiary/aromatic N) is 3. The molecular weight excluding hydrogens is 520 g/mol. The second-order valence-corrected chi connectivity index (χ2v) is 11.0. The van der Waals surface area contributed by atoms with Crippen LogP contribution in [0.15, 0.2) is 41.1 Å². The Morgan fingerprint density at radius 3 is 2.62 bits per heavy atom. The number of amides is 2. The van der Waals surface area contributed by atoms with Gasteiger partial charge in [0.2, 0.25) is 12.3 Å². The molecule has 0 bridgehead atoms. The average Bonchev–Trinajstić information content (AvgIpc) is 3.57. The monoisotopic (exact) mass is 554 g/mol. The third-order valence-corrected chi connectivity index (χ3v) is 8.52. The Labute approximate surface area is 231 Å². The number of piperidine rings is 1. The van der Waals surface area contributed by atoms with Crippen LogP contribution >= 0.6 is 11.3 Å². The number of para-hydroxylation sites is 1. The SMILES string of the molecule is COc1ccccc1C(CN(C(=O)c1c(NC=O)sc(-c2ncco2)c1C)C(C)(C)C(=O)O)N1CCCCC1. The fourth-order valence-electron chi connectivity index (χ4n) is 5.04. The highest BCUT2D eigenvalue weighted by atomic mass is 32.1. The predicted molar refractivity (Wildman–Crippen MR) is 148 cm³/mol. The number of aromatic nitrogens is 1. The van der Waals surface area contributed by atoms with Gasteiger partial charge < -0.3 is 24.5 Å². The Hall–Kier alpha value is -3.70. The summed E-state index contributed by atoms with van der Waals surface area (Å²) < 4.78 is 11.1. The molecule has 2 aromatic heterocycles. The number of methoxy groups -OCH3 is 1. The number of hydrogen-bond acceptors (Lipinski definition) is 8. The summed E-state index contributed by atoms with van der Waals surface area (Å²) in [5, 5.41) is 13.2. The third-order valence-electron chi connectivity index (χ3n) is 7.31. The van der Waals surface area contributed by atoms with Crippen LogP contribution in [0.1, 0.15) is 60.6 Å². The van der Waals surface area contributed by atoms with Crippen molar-refractivity contribution in [3.8, 4) is 16.5 Å². The molecule has 1 aliphatic heterocycles. The molecule has 11 heteroatoms. The van der Waals surface area contributed by atoms with E-state index in [1.807, 2.05) is 24.3 Å². The van der Waals surface area contributed by atoms with Gasteiger partial charge in [0.25, 0.3) is 5.91 Å². The lowest BCUT2D eigenvalue weighted by Crippen LogP contribution is -2.56. The first kappa shape index (κ1) is 28.3. The van der Waals surface area contributed by atoms with Crippen molar-refractivity contribution in [1.82, 2.24) is 14.8 Å². The number of benzene rings is 1. The summed E-state index contributed by atoms with van der Waals surface area (Å²) in [6, 6.07) is 7.33. The molecule has 1 unspecified atom stereocenters. The summed E-state index contributed by atoms with van der Waals surface area (Å²) in [5.41, 5.74) is 0.0831. The summed E-state index contributed by atoms with van der Waals surface area (Å²) in [4.78, 5) is 46.9. The normalized spacial score (nSPS) is 15.0. The number of oxazole rings is 1. The van der Waals surface area contributed by atoms with E-state index < -0.39 is 17.4 Å². The Morgan fingerprint density at radius 2 is 2.00 bits per heavy atom. The molecule has 3 aromatic rings. The van der Waals surface area contributed by atoms with Gasteiger partial charge in [-0.25, -0.2) is 9.78 Å². The maximum atomic E-state index is 14.4. The Bertz CT molecular complexity index is 1310. The lowest BCUT2D eigenvalue weighted by Gasteiger charge is -2.42. The molecule has 2 N–H and O–H groups in total. The summed E-state index contributed by atoms with van der Waals surface area (Å²) in [6.07, 6.45) is 6.57. The van der Waals surface area contributed by atoms with E-state index in [1.54, 1.807) is 14.0 Å². The molecule has 1 atom stereocenters. The average molecular weight is 555 g/mol. The zero-order valence-electron chi connectivity index (χ0n) is 22.6. The minimum atomic E-state index is -1.57. The maximum Gasteiger partial charge on any atom is 0.329 e. The van der Waals surface area contributed by atoms with Crippen LogP contribution in [0, 0.1) is 6.92 Å². The number of carbonyl (C=O) groups excluding carboxylic acids is 2. The van der Waals surface area contributed by atoms with Crippen LogP contribution in [0.5, 0.6) is 5.75 Å². The van der Waals surface area contributed by atoms with Crippen molar-refractivity contribution in [3.63, 3.8) is 0 Å². The van der Waals surface area contributed by atoms with Gasteiger partial charge in [-0.15, -0.1) is 11.3 Å². The fourth-order valence-corrected chi connectivity index (χ4v) is 6.13. The predicted octanol–water partition coefficient (Wildman–Crippen LogP) is 4.82. The van der Waals surface area contributed by atoms with Crippen molar-refractivity contribution in [3.05, 3.63) is 53.4 Å². The number of carboxylic acid groups (broad SMARTS) is 1. The molecule has 0 aliphatic carbocycles. The van der Waals surface area contributed by atoms with Gasteiger partial charge in [-0.05, 0) is 58.3 Å². The zero-order valence-corrected chi connectivity index (χ0v) is 23.4. The topological polar surface area (TPSA) is 125 Å². The van der Waals surface area contributed by atoms with Gasteiger partial charge in [0, 0.05) is 12.1 Å². The molecule has 1 saturated heterocycles. The molecule has 208 valence electrons. The number of anilines is 1. The standard InChI is InChI=1S/C28H34N4O6S/c1-18-22(25(30-17-33)39-23(18)24-29-12-15-38-24)26(34)32(28(2,3)27(35)36)16-20(31-13-8-5-9-14-31)19-10-6-7-11-21(19)37-4/h6-7,10-12,15,17,20H,5,8-9,13-14,16H2,1-4H3,(H,30,33)(H,35,36). The van der Waals surface area contributed by atoms with Crippen molar-refractivity contribution in [1.29, 1.82) is 0 Å². The summed E-state index contributed by atoms with van der Waals surface area (Å²) >= 11 is 1.16. The van der Waals surface area contributed by atoms with E-state index in [0.29, 0.717) is 33.5 Å². The van der Waals surface area contributed by atoms with Gasteiger partial charge in [0.05, 0.1) is 29.8 Å². The van der Waals surface area contributed by atoms with E-state index in [1.165, 1.54) is 31.2 Å². The fraction of sp³-hybridized carbons (Fsp3) is 0.429. The van der Waals surface area contributed by atoms with Crippen molar-refractivity contribution in [2.75, 3.05) is 32.1 Å². The van der Waals surface area contributed by atoms with Gasteiger partial charge in [-0.2, -0.15) is 0 Å². The highest BCUT2D eigenvalue weighted by Crippen LogP contribution is 2.41. The van der Waals surface area contributed by atoms with Gasteiger partial charge in [-0.1, -0.05) is 24.6 Å². The summed E-state index contributed by atoms with van der Waals surface area (Å²) in [7, 11) is 1.60. The van der Waals surface area contributed by atoms with Gasteiger partial charge in [0.15, 0.2) is 0 Å². The molecule has 39 heavy (non-hydrogen) atoms. The largest absolute Gasteiger partial charge is 0.496 e. The first-order valence-corrected chi connectivity index (χ1v) is 13.7. The molecule has 0 saturated carbocycles. The van der Waals surface area contributed by atoms with Crippen molar-refractivity contribution in [2.24, 2.45) is 0 Å². The Morgan fingerprint density at radius 1 is 1.28 bits per heavy atom. The molecule has 3 heterocycles. The van der Waals surface area contributed by atoms with Crippen LogP contribution in [0.3, 0.4) is 0 Å². The van der Waals surface area contributed by atoms with E-state index in [0.717, 1.165) is 49.3 Å². The number of likely N-dealkylation sites (tertiary alicyclic amines) is 1. The van der Waals surface area contributed by atoms with E-state index in [9.17, 15) is 19.5 Å². The Kier molecular flexibility index (Phi) is 8.71. The van der Waals surface area contributed by atoms with Crippen LogP contribution in [0.4, 0.5) is 5.00 Å². The number of carbonyl (C=O) groups is 3. The van der Waals surface area contributed by atoms with Crippen LogP contribution in [-0.4, -0.2) is 70.5 Å². The number of carboxylic acids is 1. The number of ether oxygens (including phenoxy) is 1. The molecule has 10 nitrogen and oxygen atoms in total. The van der Waals surface area contributed by atoms with Gasteiger partial charge in [0.1, 0.15) is 22.6 Å². The molecule has 2 amide bonds. The molecule has 1 aromatic carbocycles. The number of rotatable bonds is 11. The van der Waals surface area contributed by atoms with Crippen molar-refractivity contribution < 1.29 is 28.6 Å². The summed E-state index contributed by atoms with van der Waals surface area (Å²) in [6.45, 7) is 6.53. The second kappa shape index (κ2) is 12.0. The molecular formula is C28H34N4O6S. The van der Waals surface area contributed by atoms with E-state index >= 15 is 0 Å². The highest BCUT2D eigenvalue weighted by molar-refractivity contribution is 7.20. The number of hydrogen-bond donors (Lipinski definition) is 2. The number of aliphatic carboxylic acids is 1. The van der Waals surface area contributed by atoms with Crippen molar-refractivity contribution in [2.45, 2.75) is 51.6 Å². The lowest BCUT2D eigenvalue weighted by molar-refractivity contribution is -0.148. The first-order chi connectivity index (χ1) is 18.7. The number of nitrogens with one attached hydrogen (secondary N) is 1. The van der Waals surface area contributed by atoms with Crippen LogP contribution < -0.4 is 10.1 Å². The van der Waals surface area contributed by atoms with Crippen molar-refractivity contribution >= 4 is 34.6 Å². The molecule has 1 aliphatic rings. The zero-order chi connectivity index (χ0) is 28.2. The summed E-state index contributed by atoms with van der Waals surface area (Å²) in [5.74, 6) is -0.654. The van der Waals surface area contributed by atoms with Crippen LogP contribution in [0.2, 0.25) is 0 Å². The quantitative estimate of drug-likeness (QED) is 0.323. The first-order valence-electron chi connectivity index (χ1n) is 12.9. The third kappa shape index (κ3) is 5.69. The minimum Gasteiger partial charge on any atom is -0.496 e. The second-order valence-electron chi connectivity index (χ2n) is 9.99. The van der Waals surface area contributed by atoms with Gasteiger partial charge in [-0.3, -0.25) is 14.5 Å².